The Kier molecular flexibility index (Phi) is 5.11. The average molecular weight is 453 g/mol. The Bertz CT molecular complexity index is 1060. The summed E-state index contributed by atoms with van der Waals surface area (Å²) in [6.45, 7) is 5.79. The van der Waals surface area contributed by atoms with Crippen molar-refractivity contribution in [3.63, 3.8) is 0 Å². The number of aliphatic hydroxyl groups is 2. The molecule has 8 atom stereocenters. The van der Waals surface area contributed by atoms with E-state index in [9.17, 15) is 19.8 Å². The quantitative estimate of drug-likeness (QED) is 0.542. The van der Waals surface area contributed by atoms with E-state index in [1.54, 1.807) is 43.5 Å². The zero-order valence-corrected chi connectivity index (χ0v) is 19.4. The SMILES string of the molecule is C[C@H]1c2ccoc2C[C@H]2[C@H]1[C@@H](O)[C@@H](OC(=O)c1ccccc1)[C@@]1(O)[C@@](C)(C=O)CCC[C@]21C. The van der Waals surface area contributed by atoms with Crippen molar-refractivity contribution < 1.29 is 29.0 Å². The number of ether oxygens (including phenoxy) is 1. The summed E-state index contributed by atoms with van der Waals surface area (Å²) in [7, 11) is 0. The Labute approximate surface area is 193 Å². The van der Waals surface area contributed by atoms with Gasteiger partial charge in [0.25, 0.3) is 0 Å². The predicted octanol–water partition coefficient (Wildman–Crippen LogP) is 3.90. The van der Waals surface area contributed by atoms with Gasteiger partial charge in [0.2, 0.25) is 0 Å². The van der Waals surface area contributed by atoms with Gasteiger partial charge in [-0.1, -0.05) is 38.5 Å². The molecule has 2 saturated carbocycles. The second kappa shape index (κ2) is 7.54. The normalized spacial score (nSPS) is 41.9. The molecule has 2 N–H and O–H groups in total. The van der Waals surface area contributed by atoms with Crippen LogP contribution in [0.15, 0.2) is 47.1 Å². The summed E-state index contributed by atoms with van der Waals surface area (Å²) in [5.74, 6) is -0.158. The molecule has 1 heterocycles. The van der Waals surface area contributed by atoms with Gasteiger partial charge in [-0.3, -0.25) is 0 Å². The number of carbonyl (C=O) groups excluding carboxylic acids is 2. The van der Waals surface area contributed by atoms with Crippen LogP contribution in [0, 0.1) is 22.7 Å². The maximum Gasteiger partial charge on any atom is 0.338 e. The molecule has 176 valence electrons. The number of rotatable bonds is 3. The predicted molar refractivity (Wildman–Crippen MR) is 121 cm³/mol. The van der Waals surface area contributed by atoms with Crippen LogP contribution in [0.2, 0.25) is 0 Å². The molecule has 0 aliphatic heterocycles. The topological polar surface area (TPSA) is 97.0 Å². The van der Waals surface area contributed by atoms with Gasteiger partial charge in [-0.05, 0) is 61.3 Å². The molecule has 0 unspecified atom stereocenters. The van der Waals surface area contributed by atoms with Crippen molar-refractivity contribution in [2.24, 2.45) is 22.7 Å². The summed E-state index contributed by atoms with van der Waals surface area (Å²) < 4.78 is 11.7. The van der Waals surface area contributed by atoms with Crippen molar-refractivity contribution >= 4 is 12.3 Å². The van der Waals surface area contributed by atoms with Gasteiger partial charge in [-0.15, -0.1) is 0 Å². The van der Waals surface area contributed by atoms with Gasteiger partial charge in [-0.2, -0.15) is 0 Å². The lowest BCUT2D eigenvalue weighted by Gasteiger charge is -2.68. The molecule has 0 saturated heterocycles. The molecular weight excluding hydrogens is 420 g/mol. The first-order chi connectivity index (χ1) is 15.7. The largest absolute Gasteiger partial charge is 0.469 e. The number of hydrogen-bond donors (Lipinski definition) is 2. The molecule has 1 aromatic heterocycles. The number of hydrogen-bond acceptors (Lipinski definition) is 6. The first kappa shape index (κ1) is 22.4. The minimum atomic E-state index is -1.73. The minimum Gasteiger partial charge on any atom is -0.469 e. The molecular formula is C27H32O6. The summed E-state index contributed by atoms with van der Waals surface area (Å²) in [6.07, 6.45) is 2.58. The van der Waals surface area contributed by atoms with Crippen LogP contribution in [-0.2, 0) is 16.0 Å². The Morgan fingerprint density at radius 2 is 1.91 bits per heavy atom. The first-order valence-corrected chi connectivity index (χ1v) is 11.9. The minimum absolute atomic E-state index is 0.0452. The fraction of sp³-hybridized carbons (Fsp3) is 0.556. The van der Waals surface area contributed by atoms with Crippen molar-refractivity contribution in [3.05, 3.63) is 59.5 Å². The maximum atomic E-state index is 13.1. The van der Waals surface area contributed by atoms with Crippen LogP contribution in [0.4, 0.5) is 0 Å². The van der Waals surface area contributed by atoms with Crippen LogP contribution in [0.3, 0.4) is 0 Å². The lowest BCUT2D eigenvalue weighted by molar-refractivity contribution is -0.306. The van der Waals surface area contributed by atoms with E-state index in [1.807, 2.05) is 13.0 Å². The van der Waals surface area contributed by atoms with Gasteiger partial charge >= 0.3 is 5.97 Å². The second-order valence-corrected chi connectivity index (χ2v) is 10.7. The van der Waals surface area contributed by atoms with Crippen LogP contribution in [0.1, 0.15) is 67.6 Å². The number of furan rings is 1. The lowest BCUT2D eigenvalue weighted by Crippen LogP contribution is -2.77. The van der Waals surface area contributed by atoms with E-state index < -0.39 is 34.6 Å². The van der Waals surface area contributed by atoms with E-state index in [2.05, 4.69) is 6.92 Å². The lowest BCUT2D eigenvalue weighted by atomic mass is 9.40. The van der Waals surface area contributed by atoms with Gasteiger partial charge in [0.1, 0.15) is 17.6 Å². The van der Waals surface area contributed by atoms with Gasteiger partial charge in [0, 0.05) is 11.8 Å². The van der Waals surface area contributed by atoms with E-state index >= 15 is 0 Å². The standard InChI is InChI=1S/C27H32O6/c1-16-18-10-13-32-20(18)14-19-21(16)22(29)23(33-24(30)17-8-5-4-6-9-17)27(31)25(2,15-28)11-7-12-26(19,27)3/h4-6,8-10,13,15-16,19,21-23,29,31H,7,11-12,14H2,1-3H3/t16-,19-,21-,22+,23+,25+,26+,27+/m0/s1. The molecule has 3 aliphatic carbocycles. The number of aldehydes is 1. The third kappa shape index (κ3) is 2.86. The molecule has 1 aromatic carbocycles. The van der Waals surface area contributed by atoms with E-state index in [0.717, 1.165) is 24.0 Å². The Morgan fingerprint density at radius 3 is 2.61 bits per heavy atom. The fourth-order valence-electron chi connectivity index (χ4n) is 7.48. The maximum absolute atomic E-state index is 13.1. The third-order valence-corrected chi connectivity index (χ3v) is 9.29. The van der Waals surface area contributed by atoms with E-state index in [1.165, 1.54) is 0 Å². The fourth-order valence-corrected chi connectivity index (χ4v) is 7.48. The van der Waals surface area contributed by atoms with Crippen LogP contribution >= 0.6 is 0 Å². The smallest absolute Gasteiger partial charge is 0.338 e. The molecule has 0 bridgehead atoms. The highest BCUT2D eigenvalue weighted by Gasteiger charge is 2.74. The van der Waals surface area contributed by atoms with Crippen molar-refractivity contribution in [1.82, 2.24) is 0 Å². The Balaban J connectivity index is 1.66. The molecule has 0 spiro atoms. The van der Waals surface area contributed by atoms with Gasteiger partial charge < -0.3 is 24.2 Å². The van der Waals surface area contributed by atoms with Gasteiger partial charge in [-0.25, -0.2) is 4.79 Å². The molecule has 6 heteroatoms. The van der Waals surface area contributed by atoms with Crippen LogP contribution in [0.5, 0.6) is 0 Å². The molecule has 2 aromatic rings. The highest BCUT2D eigenvalue weighted by molar-refractivity contribution is 5.89. The molecule has 3 aliphatic rings. The van der Waals surface area contributed by atoms with Crippen molar-refractivity contribution in [2.75, 3.05) is 0 Å². The molecule has 33 heavy (non-hydrogen) atoms. The molecule has 5 rings (SSSR count). The van der Waals surface area contributed by atoms with Crippen LogP contribution in [-0.4, -0.2) is 40.3 Å². The number of benzene rings is 1. The Hall–Kier alpha value is -2.44. The summed E-state index contributed by atoms with van der Waals surface area (Å²) in [5, 5.41) is 24.3. The van der Waals surface area contributed by atoms with Crippen molar-refractivity contribution in [2.45, 2.75) is 70.2 Å². The number of carbonyl (C=O) groups is 2. The number of aliphatic hydroxyl groups excluding tert-OH is 1. The summed E-state index contributed by atoms with van der Waals surface area (Å²) in [6, 6.07) is 10.5. The van der Waals surface area contributed by atoms with Crippen LogP contribution < -0.4 is 0 Å². The summed E-state index contributed by atoms with van der Waals surface area (Å²) in [4.78, 5) is 25.6. The van der Waals surface area contributed by atoms with E-state index in [0.29, 0.717) is 24.8 Å². The van der Waals surface area contributed by atoms with E-state index in [4.69, 9.17) is 9.15 Å². The first-order valence-electron chi connectivity index (χ1n) is 11.9. The van der Waals surface area contributed by atoms with Crippen molar-refractivity contribution in [3.8, 4) is 0 Å². The van der Waals surface area contributed by atoms with Crippen LogP contribution in [0.25, 0.3) is 0 Å². The molecule has 2 fully saturated rings. The van der Waals surface area contributed by atoms with Gasteiger partial charge in [0.05, 0.1) is 23.3 Å². The molecule has 0 amide bonds. The summed E-state index contributed by atoms with van der Waals surface area (Å²) >= 11 is 0. The zero-order valence-electron chi connectivity index (χ0n) is 19.4. The van der Waals surface area contributed by atoms with Crippen molar-refractivity contribution in [1.29, 1.82) is 0 Å². The number of fused-ring (bicyclic) bond motifs is 4. The van der Waals surface area contributed by atoms with E-state index in [-0.39, 0.29) is 17.8 Å². The third-order valence-electron chi connectivity index (χ3n) is 9.29. The Morgan fingerprint density at radius 1 is 1.18 bits per heavy atom. The second-order valence-electron chi connectivity index (χ2n) is 10.7. The summed E-state index contributed by atoms with van der Waals surface area (Å²) in [5.41, 5.74) is -2.26. The monoisotopic (exact) mass is 452 g/mol. The number of esters is 1. The average Bonchev–Trinajstić information content (AvgIpc) is 3.29. The highest BCUT2D eigenvalue weighted by atomic mass is 16.6. The highest BCUT2D eigenvalue weighted by Crippen LogP contribution is 2.67. The van der Waals surface area contributed by atoms with Gasteiger partial charge in [0.15, 0.2) is 6.10 Å². The zero-order chi connectivity index (χ0) is 23.6. The molecule has 6 nitrogen and oxygen atoms in total. The molecule has 0 radical (unpaired) electrons.